The van der Waals surface area contributed by atoms with Crippen LogP contribution in [0.4, 0.5) is 0 Å². The van der Waals surface area contributed by atoms with Crippen LogP contribution in [0.25, 0.3) is 10.8 Å². The van der Waals surface area contributed by atoms with Gasteiger partial charge in [-0.25, -0.2) is 0 Å². The normalized spacial score (nSPS) is 11.0. The third kappa shape index (κ3) is 3.26. The molecule has 3 aromatic carbocycles. The van der Waals surface area contributed by atoms with Crippen molar-refractivity contribution in [2.75, 3.05) is 7.11 Å². The lowest BCUT2D eigenvalue weighted by Crippen LogP contribution is -1.99. The van der Waals surface area contributed by atoms with E-state index in [1.807, 2.05) is 18.2 Å². The molecule has 0 amide bonds. The van der Waals surface area contributed by atoms with E-state index in [1.165, 1.54) is 17.0 Å². The average molecular weight is 307 g/mol. The molecule has 0 aromatic heterocycles. The van der Waals surface area contributed by atoms with Crippen molar-refractivity contribution >= 4 is 17.0 Å². The number of methoxy groups -OCH3 is 1. The first kappa shape index (κ1) is 14.9. The molecule has 0 saturated heterocycles. The minimum absolute atomic E-state index is 0.450. The summed E-state index contributed by atoms with van der Waals surface area (Å²) >= 11 is 0. The Morgan fingerprint density at radius 2 is 1.83 bits per heavy atom. The third-order valence-electron chi connectivity index (χ3n) is 3.66. The Bertz CT molecular complexity index is 838. The van der Waals surface area contributed by atoms with Gasteiger partial charge in [-0.2, -0.15) is 0 Å². The molecule has 0 heterocycles. The van der Waals surface area contributed by atoms with Crippen molar-refractivity contribution in [3.63, 3.8) is 0 Å². The van der Waals surface area contributed by atoms with Crippen molar-refractivity contribution in [2.45, 2.75) is 6.61 Å². The monoisotopic (exact) mass is 307 g/mol. The molecule has 0 fully saturated rings. The molecule has 4 heteroatoms. The van der Waals surface area contributed by atoms with Gasteiger partial charge < -0.3 is 14.7 Å². The van der Waals surface area contributed by atoms with E-state index < -0.39 is 0 Å². The highest BCUT2D eigenvalue weighted by molar-refractivity contribution is 5.85. The predicted molar refractivity (Wildman–Crippen MR) is 90.7 cm³/mol. The van der Waals surface area contributed by atoms with Gasteiger partial charge in [-0.05, 0) is 34.5 Å². The third-order valence-corrected chi connectivity index (χ3v) is 3.66. The van der Waals surface area contributed by atoms with Gasteiger partial charge in [0.05, 0.1) is 13.3 Å². The van der Waals surface area contributed by atoms with Gasteiger partial charge in [0.15, 0.2) is 11.5 Å². The molecular weight excluding hydrogens is 290 g/mol. The lowest BCUT2D eigenvalue weighted by molar-refractivity contribution is 0.285. The fourth-order valence-corrected chi connectivity index (χ4v) is 2.52. The van der Waals surface area contributed by atoms with Gasteiger partial charge >= 0.3 is 0 Å². The SMILES string of the molecule is COc1cc(C=NO)ccc1OCc1cccc2ccccc12. The summed E-state index contributed by atoms with van der Waals surface area (Å²) in [6.07, 6.45) is 1.34. The number of ether oxygens (including phenoxy) is 2. The summed E-state index contributed by atoms with van der Waals surface area (Å²) in [5.74, 6) is 1.25. The van der Waals surface area contributed by atoms with Gasteiger partial charge in [0, 0.05) is 5.56 Å². The molecule has 116 valence electrons. The molecule has 0 atom stereocenters. The van der Waals surface area contributed by atoms with Crippen molar-refractivity contribution in [1.29, 1.82) is 0 Å². The molecule has 0 unspecified atom stereocenters. The van der Waals surface area contributed by atoms with E-state index in [0.29, 0.717) is 18.1 Å². The number of oxime groups is 1. The molecule has 0 aliphatic rings. The highest BCUT2D eigenvalue weighted by Gasteiger charge is 2.07. The van der Waals surface area contributed by atoms with E-state index in [2.05, 4.69) is 29.4 Å². The number of hydrogen-bond acceptors (Lipinski definition) is 4. The molecule has 0 aliphatic carbocycles. The second kappa shape index (κ2) is 6.83. The lowest BCUT2D eigenvalue weighted by atomic mass is 10.1. The Balaban J connectivity index is 1.85. The summed E-state index contributed by atoms with van der Waals surface area (Å²) in [5.41, 5.74) is 1.85. The fraction of sp³-hybridized carbons (Fsp3) is 0.105. The first-order valence-corrected chi connectivity index (χ1v) is 7.27. The second-order valence-corrected chi connectivity index (χ2v) is 5.08. The first-order valence-electron chi connectivity index (χ1n) is 7.27. The lowest BCUT2D eigenvalue weighted by Gasteiger charge is -2.12. The fourth-order valence-electron chi connectivity index (χ4n) is 2.52. The number of hydrogen-bond donors (Lipinski definition) is 1. The highest BCUT2D eigenvalue weighted by atomic mass is 16.5. The molecule has 0 aliphatic heterocycles. The van der Waals surface area contributed by atoms with Crippen LogP contribution in [-0.4, -0.2) is 18.5 Å². The summed E-state index contributed by atoms with van der Waals surface area (Å²) in [7, 11) is 1.58. The van der Waals surface area contributed by atoms with E-state index in [-0.39, 0.29) is 0 Å². The standard InChI is InChI=1S/C19H17NO3/c1-22-19-11-14(12-20-21)9-10-18(19)23-13-16-7-4-6-15-5-2-3-8-17(15)16/h2-12,21H,13H2,1H3. The Labute approximate surface area is 134 Å². The van der Waals surface area contributed by atoms with Crippen LogP contribution in [0.3, 0.4) is 0 Å². The van der Waals surface area contributed by atoms with Gasteiger partial charge in [-0.1, -0.05) is 47.6 Å². The zero-order valence-corrected chi connectivity index (χ0v) is 12.8. The molecule has 23 heavy (non-hydrogen) atoms. The van der Waals surface area contributed by atoms with Crippen molar-refractivity contribution in [2.24, 2.45) is 5.16 Å². The summed E-state index contributed by atoms with van der Waals surface area (Å²) in [6, 6.07) is 19.8. The largest absolute Gasteiger partial charge is 0.493 e. The van der Waals surface area contributed by atoms with Crippen LogP contribution in [0.15, 0.2) is 65.8 Å². The van der Waals surface area contributed by atoms with Crippen LogP contribution < -0.4 is 9.47 Å². The van der Waals surface area contributed by atoms with Gasteiger partial charge in [-0.3, -0.25) is 0 Å². The molecule has 3 aromatic rings. The maximum absolute atomic E-state index is 8.60. The van der Waals surface area contributed by atoms with E-state index in [0.717, 1.165) is 11.1 Å². The number of benzene rings is 3. The van der Waals surface area contributed by atoms with Crippen LogP contribution in [0, 0.1) is 0 Å². The molecule has 4 nitrogen and oxygen atoms in total. The minimum atomic E-state index is 0.450. The highest BCUT2D eigenvalue weighted by Crippen LogP contribution is 2.29. The average Bonchev–Trinajstić information content (AvgIpc) is 2.60. The molecule has 0 bridgehead atoms. The number of rotatable bonds is 5. The summed E-state index contributed by atoms with van der Waals surface area (Å²) in [5, 5.41) is 14.0. The topological polar surface area (TPSA) is 51.0 Å². The first-order chi connectivity index (χ1) is 11.3. The van der Waals surface area contributed by atoms with Crippen LogP contribution in [0.1, 0.15) is 11.1 Å². The maximum atomic E-state index is 8.60. The summed E-state index contributed by atoms with van der Waals surface area (Å²) < 4.78 is 11.3. The Kier molecular flexibility index (Phi) is 4.43. The Morgan fingerprint density at radius 1 is 1.00 bits per heavy atom. The van der Waals surface area contributed by atoms with Crippen molar-refractivity contribution in [3.8, 4) is 11.5 Å². The maximum Gasteiger partial charge on any atom is 0.161 e. The van der Waals surface area contributed by atoms with E-state index in [4.69, 9.17) is 14.7 Å². The van der Waals surface area contributed by atoms with Gasteiger partial charge in [0.1, 0.15) is 6.61 Å². The van der Waals surface area contributed by atoms with Crippen LogP contribution in [-0.2, 0) is 6.61 Å². The van der Waals surface area contributed by atoms with Gasteiger partial charge in [-0.15, -0.1) is 0 Å². The van der Waals surface area contributed by atoms with Crippen LogP contribution in [0.2, 0.25) is 0 Å². The van der Waals surface area contributed by atoms with Crippen molar-refractivity contribution in [3.05, 3.63) is 71.8 Å². The molecule has 0 spiro atoms. The minimum Gasteiger partial charge on any atom is -0.493 e. The Morgan fingerprint density at radius 3 is 2.65 bits per heavy atom. The molecule has 3 rings (SSSR count). The zero-order valence-electron chi connectivity index (χ0n) is 12.8. The van der Waals surface area contributed by atoms with E-state index in [9.17, 15) is 0 Å². The van der Waals surface area contributed by atoms with E-state index in [1.54, 1.807) is 25.3 Å². The summed E-state index contributed by atoms with van der Waals surface area (Å²) in [6.45, 7) is 0.450. The quantitative estimate of drug-likeness (QED) is 0.436. The Hall–Kier alpha value is -3.01. The summed E-state index contributed by atoms with van der Waals surface area (Å²) in [4.78, 5) is 0. The number of nitrogens with zero attached hydrogens (tertiary/aromatic N) is 1. The van der Waals surface area contributed by atoms with Gasteiger partial charge in [0.2, 0.25) is 0 Å². The predicted octanol–water partition coefficient (Wildman–Crippen LogP) is 4.24. The molecule has 0 saturated carbocycles. The molecular formula is C19H17NO3. The van der Waals surface area contributed by atoms with Crippen molar-refractivity contribution in [1.82, 2.24) is 0 Å². The van der Waals surface area contributed by atoms with Crippen molar-refractivity contribution < 1.29 is 14.7 Å². The van der Waals surface area contributed by atoms with Crippen LogP contribution in [0.5, 0.6) is 11.5 Å². The van der Waals surface area contributed by atoms with Crippen LogP contribution >= 0.6 is 0 Å². The zero-order chi connectivity index (χ0) is 16.1. The van der Waals surface area contributed by atoms with E-state index >= 15 is 0 Å². The number of fused-ring (bicyclic) bond motifs is 1. The molecule has 1 N–H and O–H groups in total. The molecule has 0 radical (unpaired) electrons. The smallest absolute Gasteiger partial charge is 0.161 e. The second-order valence-electron chi connectivity index (χ2n) is 5.08. The van der Waals surface area contributed by atoms with Gasteiger partial charge in [0.25, 0.3) is 0 Å².